The fraction of sp³-hybridized carbons (Fsp3) is 0.0476. The van der Waals surface area contributed by atoms with Crippen LogP contribution in [0.1, 0.15) is 15.9 Å². The van der Waals surface area contributed by atoms with Gasteiger partial charge < -0.3 is 5.32 Å². The fourth-order valence-electron chi connectivity index (χ4n) is 2.72. The molecule has 6 nitrogen and oxygen atoms in total. The average molecular weight is 422 g/mol. The van der Waals surface area contributed by atoms with Gasteiger partial charge in [-0.15, -0.1) is 10.2 Å². The Morgan fingerprint density at radius 2 is 1.66 bits per heavy atom. The van der Waals surface area contributed by atoms with Gasteiger partial charge in [-0.1, -0.05) is 29.3 Å². The molecule has 2 N–H and O–H groups in total. The lowest BCUT2D eigenvalue weighted by Gasteiger charge is -2.09. The van der Waals surface area contributed by atoms with Gasteiger partial charge >= 0.3 is 0 Å². The topological polar surface area (TPSA) is 71.8 Å². The number of aromatic nitrogens is 3. The predicted octanol–water partition coefficient (Wildman–Crippen LogP) is 4.51. The lowest BCUT2D eigenvalue weighted by molar-refractivity contribution is 0.0977. The van der Waals surface area contributed by atoms with Gasteiger partial charge in [0.2, 0.25) is 0 Å². The van der Waals surface area contributed by atoms with Crippen molar-refractivity contribution in [3.8, 4) is 5.69 Å². The number of benzene rings is 3. The Balaban J connectivity index is 1.47. The highest BCUT2D eigenvalue weighted by molar-refractivity contribution is 7.80. The van der Waals surface area contributed by atoms with E-state index in [-0.39, 0.29) is 11.0 Å². The van der Waals surface area contributed by atoms with Gasteiger partial charge in [0, 0.05) is 16.3 Å². The molecule has 0 atom stereocenters. The molecule has 8 heteroatoms. The zero-order valence-electron chi connectivity index (χ0n) is 15.4. The van der Waals surface area contributed by atoms with E-state index in [1.165, 1.54) is 0 Å². The van der Waals surface area contributed by atoms with Crippen LogP contribution in [0.3, 0.4) is 0 Å². The smallest absolute Gasteiger partial charge is 0.257 e. The van der Waals surface area contributed by atoms with Gasteiger partial charge in [0.05, 0.1) is 5.69 Å². The first-order valence-corrected chi connectivity index (χ1v) is 9.59. The van der Waals surface area contributed by atoms with Crippen molar-refractivity contribution in [1.82, 2.24) is 20.3 Å². The van der Waals surface area contributed by atoms with E-state index in [1.54, 1.807) is 29.1 Å². The molecule has 1 amide bonds. The first kappa shape index (κ1) is 19.0. The van der Waals surface area contributed by atoms with E-state index in [0.717, 1.165) is 16.8 Å². The van der Waals surface area contributed by atoms with Crippen LogP contribution in [0.5, 0.6) is 0 Å². The number of rotatable bonds is 3. The number of carbonyl (C=O) groups is 1. The molecule has 1 heterocycles. The summed E-state index contributed by atoms with van der Waals surface area (Å²) in [6.45, 7) is 1.97. The molecular weight excluding hydrogens is 406 g/mol. The normalized spacial score (nSPS) is 10.7. The Labute approximate surface area is 177 Å². The number of carbonyl (C=O) groups excluding carboxylic acids is 1. The van der Waals surface area contributed by atoms with E-state index >= 15 is 0 Å². The maximum atomic E-state index is 12.3. The molecule has 0 radical (unpaired) electrons. The molecule has 0 fully saturated rings. The van der Waals surface area contributed by atoms with Gasteiger partial charge in [0.25, 0.3) is 5.91 Å². The summed E-state index contributed by atoms with van der Waals surface area (Å²) in [5.41, 5.74) is 4.57. The zero-order valence-corrected chi connectivity index (χ0v) is 17.0. The first-order chi connectivity index (χ1) is 14.0. The van der Waals surface area contributed by atoms with Gasteiger partial charge in [-0.05, 0) is 73.7 Å². The molecule has 0 aliphatic rings. The number of anilines is 1. The maximum absolute atomic E-state index is 12.3. The standard InChI is InChI=1S/C21H16ClN5OS/c1-13-2-4-14(5-3-13)20(28)24-21(29)23-16-8-11-18-19(12-16)26-27(25-18)17-9-6-15(22)7-10-17/h2-12H,1H3,(H2,23,24,28,29). The summed E-state index contributed by atoms with van der Waals surface area (Å²) in [4.78, 5) is 13.8. The number of hydrogen-bond acceptors (Lipinski definition) is 4. The summed E-state index contributed by atoms with van der Waals surface area (Å²) in [5.74, 6) is -0.266. The molecular formula is C21H16ClN5OS. The maximum Gasteiger partial charge on any atom is 0.257 e. The zero-order chi connectivity index (χ0) is 20.4. The van der Waals surface area contributed by atoms with Crippen molar-refractivity contribution in [3.63, 3.8) is 0 Å². The molecule has 29 heavy (non-hydrogen) atoms. The van der Waals surface area contributed by atoms with Crippen LogP contribution in [0.15, 0.2) is 66.7 Å². The highest BCUT2D eigenvalue weighted by atomic mass is 35.5. The van der Waals surface area contributed by atoms with E-state index in [2.05, 4.69) is 20.8 Å². The second kappa shape index (κ2) is 7.98. The highest BCUT2D eigenvalue weighted by Gasteiger charge is 2.10. The van der Waals surface area contributed by atoms with Gasteiger partial charge in [-0.25, -0.2) is 0 Å². The van der Waals surface area contributed by atoms with E-state index in [1.807, 2.05) is 49.4 Å². The molecule has 0 spiro atoms. The Bertz CT molecular complexity index is 1200. The van der Waals surface area contributed by atoms with Crippen LogP contribution in [-0.2, 0) is 0 Å². The van der Waals surface area contributed by atoms with E-state index in [0.29, 0.717) is 21.8 Å². The largest absolute Gasteiger partial charge is 0.332 e. The molecule has 0 saturated heterocycles. The second-order valence-corrected chi connectivity index (χ2v) is 7.29. The summed E-state index contributed by atoms with van der Waals surface area (Å²) in [6, 6.07) is 20.0. The Kier molecular flexibility index (Phi) is 5.24. The van der Waals surface area contributed by atoms with Gasteiger partial charge in [-0.3, -0.25) is 10.1 Å². The highest BCUT2D eigenvalue weighted by Crippen LogP contribution is 2.18. The number of fused-ring (bicyclic) bond motifs is 1. The second-order valence-electron chi connectivity index (χ2n) is 6.44. The third kappa shape index (κ3) is 4.42. The van der Waals surface area contributed by atoms with Crippen LogP contribution in [0.4, 0.5) is 5.69 Å². The lowest BCUT2D eigenvalue weighted by Crippen LogP contribution is -2.34. The van der Waals surface area contributed by atoms with Crippen LogP contribution in [0.25, 0.3) is 16.7 Å². The Morgan fingerprint density at radius 1 is 0.966 bits per heavy atom. The van der Waals surface area contributed by atoms with Crippen molar-refractivity contribution < 1.29 is 4.79 Å². The molecule has 0 aliphatic heterocycles. The van der Waals surface area contributed by atoms with Crippen molar-refractivity contribution in [2.75, 3.05) is 5.32 Å². The average Bonchev–Trinajstić information content (AvgIpc) is 3.12. The van der Waals surface area contributed by atoms with Crippen molar-refractivity contribution in [2.45, 2.75) is 6.92 Å². The van der Waals surface area contributed by atoms with E-state index < -0.39 is 0 Å². The number of halogens is 1. The molecule has 0 saturated carbocycles. The quantitative estimate of drug-likeness (QED) is 0.476. The summed E-state index contributed by atoms with van der Waals surface area (Å²) >= 11 is 11.2. The minimum absolute atomic E-state index is 0.208. The minimum Gasteiger partial charge on any atom is -0.332 e. The van der Waals surface area contributed by atoms with Gasteiger partial charge in [-0.2, -0.15) is 4.80 Å². The number of amides is 1. The summed E-state index contributed by atoms with van der Waals surface area (Å²) in [5, 5.41) is 15.5. The molecule has 1 aromatic heterocycles. The lowest BCUT2D eigenvalue weighted by atomic mass is 10.1. The fourth-order valence-corrected chi connectivity index (χ4v) is 3.06. The number of nitrogens with zero attached hydrogens (tertiary/aromatic N) is 3. The van der Waals surface area contributed by atoms with Gasteiger partial charge in [0.1, 0.15) is 11.0 Å². The molecule has 4 rings (SSSR count). The summed E-state index contributed by atoms with van der Waals surface area (Å²) in [6.07, 6.45) is 0. The van der Waals surface area contributed by atoms with Crippen LogP contribution in [-0.4, -0.2) is 26.0 Å². The molecule has 0 bridgehead atoms. The number of thiocarbonyl (C=S) groups is 1. The molecule has 4 aromatic rings. The minimum atomic E-state index is -0.266. The summed E-state index contributed by atoms with van der Waals surface area (Å²) in [7, 11) is 0. The van der Waals surface area contributed by atoms with E-state index in [4.69, 9.17) is 23.8 Å². The molecule has 0 unspecified atom stereocenters. The van der Waals surface area contributed by atoms with Crippen LogP contribution < -0.4 is 10.6 Å². The van der Waals surface area contributed by atoms with Crippen LogP contribution >= 0.6 is 23.8 Å². The van der Waals surface area contributed by atoms with Gasteiger partial charge in [0.15, 0.2) is 5.11 Å². The monoisotopic (exact) mass is 421 g/mol. The van der Waals surface area contributed by atoms with Crippen LogP contribution in [0.2, 0.25) is 5.02 Å². The van der Waals surface area contributed by atoms with Crippen molar-refractivity contribution >= 4 is 51.6 Å². The van der Waals surface area contributed by atoms with E-state index in [9.17, 15) is 4.79 Å². The number of nitrogens with one attached hydrogen (secondary N) is 2. The SMILES string of the molecule is Cc1ccc(C(=O)NC(=S)Nc2ccc3nn(-c4ccc(Cl)cc4)nc3c2)cc1. The predicted molar refractivity (Wildman–Crippen MR) is 119 cm³/mol. The third-order valence-corrected chi connectivity index (χ3v) is 4.69. The Morgan fingerprint density at radius 3 is 2.38 bits per heavy atom. The summed E-state index contributed by atoms with van der Waals surface area (Å²) < 4.78 is 0. The first-order valence-electron chi connectivity index (χ1n) is 8.80. The van der Waals surface area contributed by atoms with Crippen molar-refractivity contribution in [2.24, 2.45) is 0 Å². The number of hydrogen-bond donors (Lipinski definition) is 2. The van der Waals surface area contributed by atoms with Crippen molar-refractivity contribution in [1.29, 1.82) is 0 Å². The Hall–Kier alpha value is -3.29. The van der Waals surface area contributed by atoms with Crippen molar-refractivity contribution in [3.05, 3.63) is 82.9 Å². The van der Waals surface area contributed by atoms with Crippen LogP contribution in [0, 0.1) is 6.92 Å². The third-order valence-electron chi connectivity index (χ3n) is 4.24. The number of aryl methyl sites for hydroxylation is 1. The molecule has 144 valence electrons. The molecule has 3 aromatic carbocycles. The molecule has 0 aliphatic carbocycles.